The molecule has 17 heavy (non-hydrogen) atoms. The summed E-state index contributed by atoms with van der Waals surface area (Å²) in [6, 6.07) is 8.77. The molecule has 1 aliphatic rings. The van der Waals surface area contributed by atoms with E-state index in [4.69, 9.17) is 0 Å². The maximum atomic E-state index is 2.39. The van der Waals surface area contributed by atoms with Crippen molar-refractivity contribution in [2.75, 3.05) is 0 Å². The minimum atomic E-state index is 1.29. The van der Waals surface area contributed by atoms with Gasteiger partial charge in [-0.05, 0) is 43.7 Å². The monoisotopic (exact) mass is 245 g/mol. The fourth-order valence-electron chi connectivity index (χ4n) is 2.29. The van der Waals surface area contributed by atoms with Gasteiger partial charge in [0, 0.05) is 0 Å². The summed E-state index contributed by atoms with van der Waals surface area (Å²) in [5.74, 6) is 0. The summed E-state index contributed by atoms with van der Waals surface area (Å²) in [5.41, 5.74) is 1.44. The summed E-state index contributed by atoms with van der Waals surface area (Å²) < 4.78 is 0. The summed E-state index contributed by atoms with van der Waals surface area (Å²) in [4.78, 5) is 0. The van der Waals surface area contributed by atoms with Gasteiger partial charge in [-0.15, -0.1) is 0 Å². The number of benzene rings is 1. The van der Waals surface area contributed by atoms with E-state index >= 15 is 0 Å². The van der Waals surface area contributed by atoms with Crippen LogP contribution in [0.25, 0.3) is 6.08 Å². The molecule has 0 spiro atoms. The number of hydrogen-bond donors (Lipinski definition) is 0. The first kappa shape index (κ1) is 12.8. The summed E-state index contributed by atoms with van der Waals surface area (Å²) in [5, 5.41) is 3.11. The molecule has 1 heteroatoms. The topological polar surface area (TPSA) is 0 Å². The van der Waals surface area contributed by atoms with Crippen molar-refractivity contribution in [3.8, 4) is 0 Å². The van der Waals surface area contributed by atoms with E-state index in [1.54, 1.807) is 5.31 Å². The molecule has 0 N–H and O–H groups in total. The number of fused-ring (bicyclic) bond motifs is 1. The predicted octanol–water partition coefficient (Wildman–Crippen LogP) is 5.36. The largest absolute Gasteiger partial charge is 0.0654 e. The van der Waals surface area contributed by atoms with Gasteiger partial charge in [0.25, 0.3) is 0 Å². The van der Waals surface area contributed by atoms with Crippen LogP contribution in [-0.2, 0) is 0 Å². The molecule has 0 nitrogen and oxygen atoms in total. The molecule has 1 aliphatic heterocycles. The zero-order valence-corrected chi connectivity index (χ0v) is 11.7. The minimum Gasteiger partial charge on any atom is -0.0654 e. The maximum Gasteiger partial charge on any atom is -0.00769 e. The Balaban J connectivity index is 1.66. The summed E-state index contributed by atoms with van der Waals surface area (Å²) >= 11 is 0. The van der Waals surface area contributed by atoms with Crippen LogP contribution < -0.4 is 5.30 Å². The number of unbranched alkanes of at least 4 members (excludes halogenated alkanes) is 5. The molecule has 0 aliphatic carbocycles. The van der Waals surface area contributed by atoms with Crippen molar-refractivity contribution < 1.29 is 0 Å². The van der Waals surface area contributed by atoms with Crippen LogP contribution in [0, 0.1) is 0 Å². The Labute approximate surface area is 107 Å². The molecule has 1 aromatic carbocycles. The summed E-state index contributed by atoms with van der Waals surface area (Å²) in [7, 11) is 1.45. The van der Waals surface area contributed by atoms with Gasteiger partial charge in [-0.25, -0.2) is 0 Å². The molecule has 0 fully saturated rings. The lowest BCUT2D eigenvalue weighted by Gasteiger charge is -2.01. The smallest absolute Gasteiger partial charge is 0.00769 e. The first-order chi connectivity index (χ1) is 8.40. The van der Waals surface area contributed by atoms with Crippen molar-refractivity contribution in [3.63, 3.8) is 0 Å². The fraction of sp³-hybridized carbons (Fsp3) is 0.500. The van der Waals surface area contributed by atoms with E-state index in [2.05, 4.69) is 37.3 Å². The second kappa shape index (κ2) is 6.97. The third kappa shape index (κ3) is 3.96. The molecule has 1 heterocycles. The minimum absolute atomic E-state index is 1.29. The number of hydrogen-bond acceptors (Lipinski definition) is 0. The second-order valence-corrected chi connectivity index (χ2v) is 6.10. The zero-order chi connectivity index (χ0) is 11.9. The first-order valence-electron chi connectivity index (χ1n) is 6.91. The highest BCUT2D eigenvalue weighted by atomic mass is 31.1. The zero-order valence-electron chi connectivity index (χ0n) is 10.8. The van der Waals surface area contributed by atoms with Gasteiger partial charge in [0.15, 0.2) is 0 Å². The van der Waals surface area contributed by atoms with Gasteiger partial charge in [0.2, 0.25) is 0 Å². The van der Waals surface area contributed by atoms with Crippen molar-refractivity contribution >= 4 is 20.0 Å². The van der Waals surface area contributed by atoms with E-state index in [-0.39, 0.29) is 0 Å². The van der Waals surface area contributed by atoms with Crippen molar-refractivity contribution in [1.82, 2.24) is 0 Å². The Morgan fingerprint density at radius 2 is 1.71 bits per heavy atom. The normalized spacial score (nSPS) is 15.0. The molecular formula is C16H22P. The molecule has 1 aromatic rings. The molecule has 2 rings (SSSR count). The van der Waals surface area contributed by atoms with Crippen LogP contribution in [0.2, 0.25) is 0 Å². The third-order valence-corrected chi connectivity index (χ3v) is 4.60. The van der Waals surface area contributed by atoms with Crippen molar-refractivity contribution in [2.24, 2.45) is 0 Å². The lowest BCUT2D eigenvalue weighted by atomic mass is 10.1. The SMILES string of the molecule is CCCCCCCCC1=Cc2ccccc2[P]1. The lowest BCUT2D eigenvalue weighted by molar-refractivity contribution is 0.610. The highest BCUT2D eigenvalue weighted by molar-refractivity contribution is 7.53. The number of rotatable bonds is 7. The van der Waals surface area contributed by atoms with Crippen LogP contribution in [-0.4, -0.2) is 0 Å². The average Bonchev–Trinajstić information content (AvgIpc) is 2.76. The van der Waals surface area contributed by atoms with Crippen LogP contribution in [0.5, 0.6) is 0 Å². The van der Waals surface area contributed by atoms with Crippen molar-refractivity contribution in [2.45, 2.75) is 51.9 Å². The van der Waals surface area contributed by atoms with Gasteiger partial charge in [0.05, 0.1) is 0 Å². The molecule has 0 amide bonds. The van der Waals surface area contributed by atoms with Gasteiger partial charge < -0.3 is 0 Å². The van der Waals surface area contributed by atoms with Crippen LogP contribution in [0.1, 0.15) is 57.4 Å². The van der Waals surface area contributed by atoms with Crippen LogP contribution in [0.15, 0.2) is 29.6 Å². The van der Waals surface area contributed by atoms with E-state index in [0.717, 1.165) is 0 Å². The van der Waals surface area contributed by atoms with E-state index < -0.39 is 0 Å². The van der Waals surface area contributed by atoms with E-state index in [0.29, 0.717) is 0 Å². The highest BCUT2D eigenvalue weighted by Gasteiger charge is 2.11. The molecule has 0 saturated heterocycles. The van der Waals surface area contributed by atoms with Crippen LogP contribution >= 0.6 is 8.58 Å². The van der Waals surface area contributed by atoms with Crippen molar-refractivity contribution in [3.05, 3.63) is 35.1 Å². The Kier molecular flexibility index (Phi) is 5.26. The molecule has 0 saturated carbocycles. The van der Waals surface area contributed by atoms with Gasteiger partial charge in [-0.1, -0.05) is 63.3 Å². The van der Waals surface area contributed by atoms with Crippen LogP contribution in [0.4, 0.5) is 0 Å². The van der Waals surface area contributed by atoms with E-state index in [1.165, 1.54) is 64.4 Å². The summed E-state index contributed by atoms with van der Waals surface area (Å²) in [6.07, 6.45) is 12.1. The molecule has 0 aromatic heterocycles. The average molecular weight is 245 g/mol. The molecular weight excluding hydrogens is 223 g/mol. The predicted molar refractivity (Wildman–Crippen MR) is 79.0 cm³/mol. The van der Waals surface area contributed by atoms with Gasteiger partial charge in [-0.3, -0.25) is 0 Å². The Bertz CT molecular complexity index is 379. The fourth-order valence-corrected chi connectivity index (χ4v) is 3.50. The summed E-state index contributed by atoms with van der Waals surface area (Å²) in [6.45, 7) is 2.28. The molecule has 0 bridgehead atoms. The molecule has 0 atom stereocenters. The Hall–Kier alpha value is -0.610. The second-order valence-electron chi connectivity index (χ2n) is 4.82. The van der Waals surface area contributed by atoms with Crippen molar-refractivity contribution in [1.29, 1.82) is 0 Å². The standard InChI is InChI=1S/C16H22P/c1-2-3-4-5-6-7-11-15-13-14-10-8-9-12-16(14)17-15/h8-10,12-13H,2-7,11H2,1H3. The van der Waals surface area contributed by atoms with Crippen LogP contribution in [0.3, 0.4) is 0 Å². The Morgan fingerprint density at radius 3 is 2.53 bits per heavy atom. The molecule has 91 valence electrons. The van der Waals surface area contributed by atoms with Gasteiger partial charge in [0.1, 0.15) is 0 Å². The first-order valence-corrected chi connectivity index (χ1v) is 7.81. The third-order valence-electron chi connectivity index (χ3n) is 3.31. The molecule has 0 unspecified atom stereocenters. The van der Waals surface area contributed by atoms with Gasteiger partial charge in [-0.2, -0.15) is 0 Å². The van der Waals surface area contributed by atoms with E-state index in [9.17, 15) is 0 Å². The molecule has 1 radical (unpaired) electrons. The van der Waals surface area contributed by atoms with Gasteiger partial charge >= 0.3 is 0 Å². The quantitative estimate of drug-likeness (QED) is 0.448. The number of allylic oxidation sites excluding steroid dienone is 1. The lowest BCUT2D eigenvalue weighted by Crippen LogP contribution is -1.92. The maximum absolute atomic E-state index is 2.39. The highest BCUT2D eigenvalue weighted by Crippen LogP contribution is 2.36. The van der Waals surface area contributed by atoms with E-state index in [1.807, 2.05) is 0 Å². The Morgan fingerprint density at radius 1 is 0.941 bits per heavy atom.